The normalized spacial score (nSPS) is 10.2. The number of esters is 2. The summed E-state index contributed by atoms with van der Waals surface area (Å²) in [5, 5.41) is 11.1. The molecule has 2 aromatic rings. The van der Waals surface area contributed by atoms with E-state index in [1.807, 2.05) is 0 Å². The van der Waals surface area contributed by atoms with Crippen molar-refractivity contribution in [1.29, 1.82) is 0 Å². The van der Waals surface area contributed by atoms with Crippen LogP contribution in [0.4, 0.5) is 0 Å². The zero-order valence-electron chi connectivity index (χ0n) is 11.8. The van der Waals surface area contributed by atoms with E-state index in [0.717, 1.165) is 0 Å². The molecule has 0 fully saturated rings. The number of carbonyl (C=O) groups excluding carboxylic acids is 2. The quantitative estimate of drug-likeness (QED) is 0.689. The van der Waals surface area contributed by atoms with E-state index in [2.05, 4.69) is 4.74 Å². The molecule has 0 heterocycles. The topological polar surface area (TPSA) is 82.1 Å². The van der Waals surface area contributed by atoms with Crippen molar-refractivity contribution in [2.24, 2.45) is 0 Å². The number of carbonyl (C=O) groups is 2. The average Bonchev–Trinajstić information content (AvgIpc) is 2.45. The maximum atomic E-state index is 11.8. The first-order valence-electron chi connectivity index (χ1n) is 6.08. The number of hydrogen-bond acceptors (Lipinski definition) is 6. The summed E-state index contributed by atoms with van der Waals surface area (Å²) >= 11 is 0. The lowest BCUT2D eigenvalue weighted by molar-refractivity contribution is -0.131. The first-order valence-corrected chi connectivity index (χ1v) is 6.08. The van der Waals surface area contributed by atoms with Crippen molar-refractivity contribution in [2.45, 2.75) is 6.92 Å². The smallest absolute Gasteiger partial charge is 0.345 e. The molecule has 21 heavy (non-hydrogen) atoms. The molecule has 0 aliphatic rings. The van der Waals surface area contributed by atoms with Crippen LogP contribution in [0.2, 0.25) is 0 Å². The number of phenols is 1. The van der Waals surface area contributed by atoms with E-state index in [9.17, 15) is 14.7 Å². The Morgan fingerprint density at radius 2 is 1.86 bits per heavy atom. The van der Waals surface area contributed by atoms with Crippen LogP contribution in [0.25, 0.3) is 10.8 Å². The van der Waals surface area contributed by atoms with Crippen LogP contribution in [0, 0.1) is 0 Å². The summed E-state index contributed by atoms with van der Waals surface area (Å²) < 4.78 is 14.8. The molecule has 0 aliphatic heterocycles. The standard InChI is InChI=1S/C15H14O6/c1-8(16)21-14-11-7-10(19-2)5-4-9(11)6-12(17)13(14)15(18)20-3/h4-7,17H,1-3H3. The van der Waals surface area contributed by atoms with Gasteiger partial charge in [0.05, 0.1) is 14.2 Å². The lowest BCUT2D eigenvalue weighted by Crippen LogP contribution is -2.10. The van der Waals surface area contributed by atoms with Crippen LogP contribution < -0.4 is 9.47 Å². The van der Waals surface area contributed by atoms with E-state index in [-0.39, 0.29) is 17.1 Å². The van der Waals surface area contributed by atoms with Gasteiger partial charge in [-0.15, -0.1) is 0 Å². The number of rotatable bonds is 3. The summed E-state index contributed by atoms with van der Waals surface area (Å²) in [6, 6.07) is 6.38. The molecule has 2 aromatic carbocycles. The average molecular weight is 290 g/mol. The van der Waals surface area contributed by atoms with Crippen LogP contribution in [0.5, 0.6) is 17.2 Å². The largest absolute Gasteiger partial charge is 0.507 e. The summed E-state index contributed by atoms with van der Waals surface area (Å²) in [6.07, 6.45) is 0. The van der Waals surface area contributed by atoms with Gasteiger partial charge in [-0.05, 0) is 23.6 Å². The highest BCUT2D eigenvalue weighted by atomic mass is 16.5. The fourth-order valence-corrected chi connectivity index (χ4v) is 2.00. The van der Waals surface area contributed by atoms with Gasteiger partial charge in [0, 0.05) is 12.3 Å². The molecule has 0 radical (unpaired) electrons. The van der Waals surface area contributed by atoms with E-state index in [1.54, 1.807) is 18.2 Å². The zero-order chi connectivity index (χ0) is 15.6. The fourth-order valence-electron chi connectivity index (χ4n) is 2.00. The van der Waals surface area contributed by atoms with Gasteiger partial charge in [0.2, 0.25) is 0 Å². The summed E-state index contributed by atoms with van der Waals surface area (Å²) in [6.45, 7) is 1.21. The third-order valence-corrected chi connectivity index (χ3v) is 2.92. The van der Waals surface area contributed by atoms with Gasteiger partial charge in [-0.25, -0.2) is 4.79 Å². The second kappa shape index (κ2) is 5.70. The number of methoxy groups -OCH3 is 2. The Balaban J connectivity index is 2.83. The Bertz CT molecular complexity index is 720. The fraction of sp³-hybridized carbons (Fsp3) is 0.200. The van der Waals surface area contributed by atoms with Crippen molar-refractivity contribution in [3.63, 3.8) is 0 Å². The molecule has 0 bridgehead atoms. The predicted molar refractivity (Wildman–Crippen MR) is 74.8 cm³/mol. The lowest BCUT2D eigenvalue weighted by atomic mass is 10.0. The van der Waals surface area contributed by atoms with Gasteiger partial charge in [-0.3, -0.25) is 4.79 Å². The van der Waals surface area contributed by atoms with Gasteiger partial charge < -0.3 is 19.3 Å². The van der Waals surface area contributed by atoms with E-state index in [1.165, 1.54) is 27.2 Å². The predicted octanol–water partition coefficient (Wildman–Crippen LogP) is 2.27. The molecule has 0 amide bonds. The third-order valence-electron chi connectivity index (χ3n) is 2.92. The summed E-state index contributed by atoms with van der Waals surface area (Å²) in [7, 11) is 2.67. The second-order valence-corrected chi connectivity index (χ2v) is 4.27. The number of phenolic OH excluding ortho intramolecular Hbond substituents is 1. The summed E-state index contributed by atoms with van der Waals surface area (Å²) in [5.74, 6) is -1.26. The molecule has 0 aliphatic carbocycles. The Morgan fingerprint density at radius 3 is 2.43 bits per heavy atom. The minimum absolute atomic E-state index is 0.0525. The van der Waals surface area contributed by atoms with Gasteiger partial charge >= 0.3 is 11.9 Å². The Morgan fingerprint density at radius 1 is 1.14 bits per heavy atom. The summed E-state index contributed by atoms with van der Waals surface area (Å²) in [4.78, 5) is 23.1. The molecule has 0 spiro atoms. The lowest BCUT2D eigenvalue weighted by Gasteiger charge is -2.13. The highest BCUT2D eigenvalue weighted by Crippen LogP contribution is 2.38. The molecule has 0 saturated heterocycles. The van der Waals surface area contributed by atoms with Crippen LogP contribution in [-0.2, 0) is 9.53 Å². The maximum Gasteiger partial charge on any atom is 0.345 e. The molecule has 6 heteroatoms. The van der Waals surface area contributed by atoms with Gasteiger partial charge in [0.25, 0.3) is 0 Å². The molecular formula is C15H14O6. The van der Waals surface area contributed by atoms with Crippen molar-refractivity contribution in [3.05, 3.63) is 29.8 Å². The number of aromatic hydroxyl groups is 1. The molecule has 110 valence electrons. The van der Waals surface area contributed by atoms with Gasteiger partial charge in [-0.1, -0.05) is 6.07 Å². The number of fused-ring (bicyclic) bond motifs is 1. The summed E-state index contributed by atoms with van der Waals surface area (Å²) in [5.41, 5.74) is -0.201. The number of benzene rings is 2. The molecule has 0 saturated carbocycles. The minimum Gasteiger partial charge on any atom is -0.507 e. The van der Waals surface area contributed by atoms with Crippen LogP contribution in [-0.4, -0.2) is 31.3 Å². The monoisotopic (exact) mass is 290 g/mol. The molecule has 0 atom stereocenters. The molecule has 6 nitrogen and oxygen atoms in total. The molecule has 2 rings (SSSR count). The van der Waals surface area contributed by atoms with Crippen molar-refractivity contribution in [2.75, 3.05) is 14.2 Å². The second-order valence-electron chi connectivity index (χ2n) is 4.27. The van der Waals surface area contributed by atoms with Crippen molar-refractivity contribution >= 4 is 22.7 Å². The van der Waals surface area contributed by atoms with Crippen LogP contribution in [0.15, 0.2) is 24.3 Å². The van der Waals surface area contributed by atoms with Crippen LogP contribution in [0.3, 0.4) is 0 Å². The first kappa shape index (κ1) is 14.6. The van der Waals surface area contributed by atoms with E-state index < -0.39 is 11.9 Å². The van der Waals surface area contributed by atoms with Crippen LogP contribution in [0.1, 0.15) is 17.3 Å². The van der Waals surface area contributed by atoms with Crippen molar-refractivity contribution < 1.29 is 28.9 Å². The Hall–Kier alpha value is -2.76. The molecule has 0 aromatic heterocycles. The van der Waals surface area contributed by atoms with Crippen LogP contribution >= 0.6 is 0 Å². The SMILES string of the molecule is COC(=O)c1c(O)cc2ccc(OC)cc2c1OC(C)=O. The number of ether oxygens (including phenoxy) is 3. The highest BCUT2D eigenvalue weighted by Gasteiger charge is 2.23. The van der Waals surface area contributed by atoms with Crippen molar-refractivity contribution in [1.82, 2.24) is 0 Å². The molecule has 0 unspecified atom stereocenters. The van der Waals surface area contributed by atoms with E-state index in [0.29, 0.717) is 16.5 Å². The van der Waals surface area contributed by atoms with Gasteiger partial charge in [-0.2, -0.15) is 0 Å². The minimum atomic E-state index is -0.798. The van der Waals surface area contributed by atoms with Gasteiger partial charge in [0.15, 0.2) is 5.75 Å². The molecular weight excluding hydrogens is 276 g/mol. The number of hydrogen-bond donors (Lipinski definition) is 1. The van der Waals surface area contributed by atoms with Crippen molar-refractivity contribution in [3.8, 4) is 17.2 Å². The highest BCUT2D eigenvalue weighted by molar-refractivity contribution is 6.05. The Labute approximate surface area is 120 Å². The first-order chi connectivity index (χ1) is 9.97. The van der Waals surface area contributed by atoms with Gasteiger partial charge in [0.1, 0.15) is 17.1 Å². The maximum absolute atomic E-state index is 11.8. The third kappa shape index (κ3) is 2.74. The zero-order valence-corrected chi connectivity index (χ0v) is 11.8. The molecule has 1 N–H and O–H groups in total. The Kier molecular flexibility index (Phi) is 3.98. The van der Waals surface area contributed by atoms with E-state index in [4.69, 9.17) is 9.47 Å². The van der Waals surface area contributed by atoms with E-state index >= 15 is 0 Å².